The van der Waals surface area contributed by atoms with Gasteiger partial charge in [0.2, 0.25) is 0 Å². The zero-order chi connectivity index (χ0) is 9.26. The van der Waals surface area contributed by atoms with Crippen molar-refractivity contribution in [2.75, 3.05) is 6.61 Å². The maximum absolute atomic E-state index is 11.8. The largest absolute Gasteiger partial charge is 0.378 e. The second kappa shape index (κ2) is 3.34. The number of aromatic nitrogens is 1. The van der Waals surface area contributed by atoms with Crippen LogP contribution in [0.15, 0.2) is 18.5 Å². The summed E-state index contributed by atoms with van der Waals surface area (Å²) in [5, 5.41) is 0. The number of rotatable bonds is 2. The van der Waals surface area contributed by atoms with Crippen LogP contribution in [0, 0.1) is 5.92 Å². The van der Waals surface area contributed by atoms with Crippen molar-refractivity contribution in [1.82, 2.24) is 4.98 Å². The van der Waals surface area contributed by atoms with Crippen LogP contribution in [0.5, 0.6) is 0 Å². The van der Waals surface area contributed by atoms with Gasteiger partial charge < -0.3 is 9.72 Å². The molecule has 0 spiro atoms. The zero-order valence-corrected chi connectivity index (χ0v) is 7.62. The van der Waals surface area contributed by atoms with Gasteiger partial charge in [-0.15, -0.1) is 0 Å². The summed E-state index contributed by atoms with van der Waals surface area (Å²) in [5.41, 5.74) is 0.766. The minimum absolute atomic E-state index is 0.0609. The predicted molar refractivity (Wildman–Crippen MR) is 48.6 cm³/mol. The molecule has 13 heavy (non-hydrogen) atoms. The third-order valence-electron chi connectivity index (χ3n) is 2.45. The van der Waals surface area contributed by atoms with E-state index in [2.05, 4.69) is 4.98 Å². The molecule has 3 heteroatoms. The molecule has 2 atom stereocenters. The van der Waals surface area contributed by atoms with Crippen LogP contribution in [0.3, 0.4) is 0 Å². The highest BCUT2D eigenvalue weighted by atomic mass is 16.5. The van der Waals surface area contributed by atoms with Crippen molar-refractivity contribution in [1.29, 1.82) is 0 Å². The van der Waals surface area contributed by atoms with Crippen LogP contribution < -0.4 is 0 Å². The van der Waals surface area contributed by atoms with E-state index < -0.39 is 0 Å². The number of carbonyl (C=O) groups is 1. The molecule has 2 rings (SSSR count). The van der Waals surface area contributed by atoms with E-state index >= 15 is 0 Å². The zero-order valence-electron chi connectivity index (χ0n) is 7.62. The molecule has 1 aromatic rings. The Bertz CT molecular complexity index is 292. The average Bonchev–Trinajstić information content (AvgIpc) is 2.72. The van der Waals surface area contributed by atoms with Gasteiger partial charge in [0.25, 0.3) is 0 Å². The lowest BCUT2D eigenvalue weighted by molar-refractivity contribution is 0.0878. The summed E-state index contributed by atoms with van der Waals surface area (Å²) in [6.45, 7) is 2.58. The van der Waals surface area contributed by atoms with Gasteiger partial charge in [0, 0.05) is 23.9 Å². The van der Waals surface area contributed by atoms with Gasteiger partial charge >= 0.3 is 0 Å². The van der Waals surface area contributed by atoms with Crippen molar-refractivity contribution >= 4 is 5.78 Å². The lowest BCUT2D eigenvalue weighted by atomic mass is 9.97. The molecule has 1 aliphatic rings. The topological polar surface area (TPSA) is 42.1 Å². The molecule has 70 valence electrons. The molecule has 1 aromatic heterocycles. The van der Waals surface area contributed by atoms with Gasteiger partial charge in [-0.05, 0) is 19.4 Å². The molecule has 1 aliphatic heterocycles. The fourth-order valence-electron chi connectivity index (χ4n) is 1.71. The Kier molecular flexibility index (Phi) is 2.19. The lowest BCUT2D eigenvalue weighted by Crippen LogP contribution is -2.13. The van der Waals surface area contributed by atoms with Crippen molar-refractivity contribution in [3.8, 4) is 0 Å². The van der Waals surface area contributed by atoms with Crippen molar-refractivity contribution < 1.29 is 9.53 Å². The summed E-state index contributed by atoms with van der Waals surface area (Å²) in [5.74, 6) is 0.261. The van der Waals surface area contributed by atoms with Crippen molar-refractivity contribution in [3.05, 3.63) is 24.0 Å². The van der Waals surface area contributed by atoms with E-state index in [9.17, 15) is 4.79 Å². The molecule has 0 saturated carbocycles. The molecule has 0 aliphatic carbocycles. The highest BCUT2D eigenvalue weighted by molar-refractivity contribution is 5.97. The molecule has 0 amide bonds. The number of H-pyrrole nitrogens is 1. The van der Waals surface area contributed by atoms with Crippen LogP contribution in [0.25, 0.3) is 0 Å². The minimum atomic E-state index is 0.0609. The fraction of sp³-hybridized carbons (Fsp3) is 0.500. The number of ketones is 1. The number of hydrogen-bond donors (Lipinski definition) is 1. The Morgan fingerprint density at radius 1 is 1.69 bits per heavy atom. The molecule has 1 fully saturated rings. The molecule has 0 radical (unpaired) electrons. The maximum atomic E-state index is 11.8. The van der Waals surface area contributed by atoms with Gasteiger partial charge in [-0.25, -0.2) is 0 Å². The third-order valence-corrected chi connectivity index (χ3v) is 2.45. The normalized spacial score (nSPS) is 27.8. The number of carbonyl (C=O) groups excluding carboxylic acids is 1. The second-order valence-corrected chi connectivity index (χ2v) is 3.54. The summed E-state index contributed by atoms with van der Waals surface area (Å²) in [7, 11) is 0. The number of hydrogen-bond acceptors (Lipinski definition) is 2. The van der Waals surface area contributed by atoms with Gasteiger partial charge in [-0.1, -0.05) is 0 Å². The standard InChI is InChI=1S/C10H13NO2/c1-7-4-9(6-13-7)10(12)8-2-3-11-5-8/h2-3,5,7,9,11H,4,6H2,1H3. The lowest BCUT2D eigenvalue weighted by Gasteiger charge is -2.03. The molecule has 1 N–H and O–H groups in total. The molecule has 1 saturated heterocycles. The molecule has 0 bridgehead atoms. The van der Waals surface area contributed by atoms with Gasteiger partial charge in [0.1, 0.15) is 0 Å². The summed E-state index contributed by atoms with van der Waals surface area (Å²) < 4.78 is 5.35. The second-order valence-electron chi connectivity index (χ2n) is 3.54. The molecule has 2 heterocycles. The minimum Gasteiger partial charge on any atom is -0.378 e. The highest BCUT2D eigenvalue weighted by Crippen LogP contribution is 2.22. The third kappa shape index (κ3) is 1.65. The maximum Gasteiger partial charge on any atom is 0.169 e. The number of aromatic amines is 1. The first-order valence-electron chi connectivity index (χ1n) is 4.56. The Morgan fingerprint density at radius 2 is 2.54 bits per heavy atom. The van der Waals surface area contributed by atoms with Crippen LogP contribution in [0.2, 0.25) is 0 Å². The van der Waals surface area contributed by atoms with E-state index in [1.807, 2.05) is 13.0 Å². The van der Waals surface area contributed by atoms with Crippen molar-refractivity contribution in [2.45, 2.75) is 19.4 Å². The first kappa shape index (κ1) is 8.51. The molecular formula is C10H13NO2. The van der Waals surface area contributed by atoms with Gasteiger partial charge in [-0.2, -0.15) is 0 Å². The van der Waals surface area contributed by atoms with Gasteiger partial charge in [-0.3, -0.25) is 4.79 Å². The van der Waals surface area contributed by atoms with E-state index in [4.69, 9.17) is 4.74 Å². The molecule has 0 aromatic carbocycles. The quantitative estimate of drug-likeness (QED) is 0.701. The van der Waals surface area contributed by atoms with E-state index in [1.165, 1.54) is 0 Å². The SMILES string of the molecule is CC1CC(C(=O)c2cc[nH]c2)CO1. The Labute approximate surface area is 77.1 Å². The van der Waals surface area contributed by atoms with E-state index in [1.54, 1.807) is 12.4 Å². The first-order valence-corrected chi connectivity index (χ1v) is 4.56. The smallest absolute Gasteiger partial charge is 0.169 e. The van der Waals surface area contributed by atoms with Crippen LogP contribution in [-0.4, -0.2) is 23.5 Å². The van der Waals surface area contributed by atoms with E-state index in [0.29, 0.717) is 6.61 Å². The van der Waals surface area contributed by atoms with Crippen LogP contribution in [0.1, 0.15) is 23.7 Å². The number of nitrogens with one attached hydrogen (secondary N) is 1. The summed E-state index contributed by atoms with van der Waals surface area (Å²) >= 11 is 0. The summed E-state index contributed by atoms with van der Waals surface area (Å²) in [6.07, 6.45) is 4.59. The summed E-state index contributed by atoms with van der Waals surface area (Å²) in [4.78, 5) is 14.6. The van der Waals surface area contributed by atoms with Crippen molar-refractivity contribution in [3.63, 3.8) is 0 Å². The van der Waals surface area contributed by atoms with Gasteiger partial charge in [0.15, 0.2) is 5.78 Å². The van der Waals surface area contributed by atoms with E-state index in [-0.39, 0.29) is 17.8 Å². The predicted octanol–water partition coefficient (Wildman–Crippen LogP) is 1.62. The van der Waals surface area contributed by atoms with E-state index in [0.717, 1.165) is 12.0 Å². The monoisotopic (exact) mass is 179 g/mol. The van der Waals surface area contributed by atoms with Crippen molar-refractivity contribution in [2.24, 2.45) is 5.92 Å². The Morgan fingerprint density at radius 3 is 3.08 bits per heavy atom. The molecule has 3 nitrogen and oxygen atoms in total. The Balaban J connectivity index is 2.06. The van der Waals surface area contributed by atoms with Gasteiger partial charge in [0.05, 0.1) is 12.7 Å². The average molecular weight is 179 g/mol. The molecule has 2 unspecified atom stereocenters. The number of ether oxygens (including phenoxy) is 1. The van der Waals surface area contributed by atoms with Crippen LogP contribution in [-0.2, 0) is 4.74 Å². The van der Waals surface area contributed by atoms with Crippen LogP contribution in [0.4, 0.5) is 0 Å². The fourth-order valence-corrected chi connectivity index (χ4v) is 1.71. The Hall–Kier alpha value is -1.09. The molecular weight excluding hydrogens is 166 g/mol. The number of Topliss-reactive ketones (excluding diaryl/α,β-unsaturated/α-hetero) is 1. The summed E-state index contributed by atoms with van der Waals surface area (Å²) in [6, 6.07) is 1.81. The van der Waals surface area contributed by atoms with Crippen LogP contribution >= 0.6 is 0 Å². The first-order chi connectivity index (χ1) is 6.27. The highest BCUT2D eigenvalue weighted by Gasteiger charge is 2.28.